The molecule has 21 heavy (non-hydrogen) atoms. The summed E-state index contributed by atoms with van der Waals surface area (Å²) in [5.41, 5.74) is 1.61. The summed E-state index contributed by atoms with van der Waals surface area (Å²) < 4.78 is 40.4. The van der Waals surface area contributed by atoms with Gasteiger partial charge in [0.05, 0.1) is 10.6 Å². The minimum absolute atomic E-state index is 0.0644. The number of sulfonamides is 1. The van der Waals surface area contributed by atoms with Crippen molar-refractivity contribution in [1.82, 2.24) is 0 Å². The van der Waals surface area contributed by atoms with Gasteiger partial charge in [-0.2, -0.15) is 0 Å². The van der Waals surface area contributed by atoms with Crippen LogP contribution in [0.15, 0.2) is 47.4 Å². The highest BCUT2D eigenvalue weighted by Gasteiger charge is 2.16. The number of aryl methyl sites for hydroxylation is 2. The maximum Gasteiger partial charge on any atom is 0.261 e. The maximum absolute atomic E-state index is 13.7. The Morgan fingerprint density at radius 3 is 2.38 bits per heavy atom. The second-order valence-electron chi connectivity index (χ2n) is 4.67. The molecule has 0 heterocycles. The van der Waals surface area contributed by atoms with Gasteiger partial charge in [-0.3, -0.25) is 4.72 Å². The van der Waals surface area contributed by atoms with Gasteiger partial charge >= 0.3 is 0 Å². The normalized spacial score (nSPS) is 11.4. The number of hydrogen-bond donors (Lipinski definition) is 1. The highest BCUT2D eigenvalue weighted by Crippen LogP contribution is 2.20. The molecule has 0 saturated heterocycles. The van der Waals surface area contributed by atoms with E-state index in [2.05, 4.69) is 4.72 Å². The Balaban J connectivity index is 2.25. The Morgan fingerprint density at radius 2 is 1.81 bits per heavy atom. The van der Waals surface area contributed by atoms with E-state index in [-0.39, 0.29) is 10.6 Å². The summed E-state index contributed by atoms with van der Waals surface area (Å²) in [4.78, 5) is 0.0841. The predicted octanol–water partition coefficient (Wildman–Crippen LogP) is 3.72. The Bertz CT molecular complexity index is 730. The fraction of sp³-hybridized carbons (Fsp3) is 0.200. The molecule has 0 aromatic heterocycles. The number of nitrogens with one attached hydrogen (secondary N) is 1. The number of halogens is 2. The van der Waals surface area contributed by atoms with Crippen molar-refractivity contribution in [2.45, 2.75) is 18.2 Å². The van der Waals surface area contributed by atoms with Crippen LogP contribution < -0.4 is 4.72 Å². The third kappa shape index (κ3) is 3.95. The van der Waals surface area contributed by atoms with Crippen molar-refractivity contribution < 1.29 is 12.8 Å². The van der Waals surface area contributed by atoms with Crippen LogP contribution in [0.5, 0.6) is 0 Å². The van der Waals surface area contributed by atoms with Crippen LogP contribution in [0, 0.1) is 12.7 Å². The monoisotopic (exact) mass is 327 g/mol. The molecule has 0 atom stereocenters. The molecule has 0 fully saturated rings. The Morgan fingerprint density at radius 1 is 1.14 bits per heavy atom. The number of rotatable bonds is 5. The topological polar surface area (TPSA) is 46.2 Å². The average molecular weight is 328 g/mol. The summed E-state index contributed by atoms with van der Waals surface area (Å²) in [6, 6.07) is 10.7. The number of benzene rings is 2. The smallest absolute Gasteiger partial charge is 0.261 e. The molecule has 3 nitrogen and oxygen atoms in total. The molecule has 0 saturated carbocycles. The zero-order valence-corrected chi connectivity index (χ0v) is 13.0. The average Bonchev–Trinajstić information content (AvgIpc) is 2.43. The van der Waals surface area contributed by atoms with Crippen molar-refractivity contribution in [1.29, 1.82) is 0 Å². The lowest BCUT2D eigenvalue weighted by atomic mass is 10.2. The van der Waals surface area contributed by atoms with Crippen molar-refractivity contribution in [2.75, 3.05) is 10.6 Å². The minimum Gasteiger partial charge on any atom is -0.277 e. The lowest BCUT2D eigenvalue weighted by Gasteiger charge is -2.10. The van der Waals surface area contributed by atoms with Crippen LogP contribution in [0.4, 0.5) is 10.1 Å². The number of anilines is 1. The van der Waals surface area contributed by atoms with Crippen LogP contribution in [0.3, 0.4) is 0 Å². The molecular weight excluding hydrogens is 313 g/mol. The molecule has 0 bridgehead atoms. The lowest BCUT2D eigenvalue weighted by molar-refractivity contribution is 0.598. The zero-order valence-electron chi connectivity index (χ0n) is 11.4. The molecule has 0 amide bonds. The van der Waals surface area contributed by atoms with E-state index in [9.17, 15) is 12.8 Å². The fourth-order valence-electron chi connectivity index (χ4n) is 1.85. The van der Waals surface area contributed by atoms with E-state index in [0.717, 1.165) is 11.1 Å². The van der Waals surface area contributed by atoms with Crippen LogP contribution in [0.2, 0.25) is 0 Å². The summed E-state index contributed by atoms with van der Waals surface area (Å²) in [6.45, 7) is 1.73. The molecule has 2 aromatic carbocycles. The zero-order chi connectivity index (χ0) is 15.5. The predicted molar refractivity (Wildman–Crippen MR) is 82.8 cm³/mol. The highest BCUT2D eigenvalue weighted by molar-refractivity contribution is 7.92. The standard InChI is InChI=1S/C15H15ClFNO2S/c1-11-2-7-15(14(17)10-11)18-21(19,20)13-5-3-12(4-6-13)8-9-16/h2-7,10,18H,8-9H2,1H3. The van der Waals surface area contributed by atoms with Gasteiger partial charge in [-0.15, -0.1) is 11.6 Å². The minimum atomic E-state index is -3.80. The third-order valence-electron chi connectivity index (χ3n) is 2.99. The van der Waals surface area contributed by atoms with Crippen molar-refractivity contribution in [3.05, 3.63) is 59.4 Å². The van der Waals surface area contributed by atoms with Crippen molar-refractivity contribution >= 4 is 27.3 Å². The third-order valence-corrected chi connectivity index (χ3v) is 4.56. The SMILES string of the molecule is Cc1ccc(NS(=O)(=O)c2ccc(CCCl)cc2)c(F)c1. The summed E-state index contributed by atoms with van der Waals surface area (Å²) in [7, 11) is -3.80. The van der Waals surface area contributed by atoms with E-state index in [1.165, 1.54) is 24.3 Å². The number of alkyl halides is 1. The summed E-state index contributed by atoms with van der Waals surface area (Å²) in [6.07, 6.45) is 0.669. The highest BCUT2D eigenvalue weighted by atomic mass is 35.5. The van der Waals surface area contributed by atoms with Gasteiger partial charge in [0.1, 0.15) is 5.82 Å². The molecule has 2 rings (SSSR count). The van der Waals surface area contributed by atoms with Gasteiger partial charge in [-0.05, 0) is 48.7 Å². The first-order chi connectivity index (χ1) is 9.92. The van der Waals surface area contributed by atoms with Crippen LogP contribution in [-0.4, -0.2) is 14.3 Å². The van der Waals surface area contributed by atoms with Gasteiger partial charge in [0, 0.05) is 5.88 Å². The first-order valence-corrected chi connectivity index (χ1v) is 8.38. The molecule has 1 N–H and O–H groups in total. The van der Waals surface area contributed by atoms with Gasteiger partial charge < -0.3 is 0 Å². The summed E-state index contributed by atoms with van der Waals surface area (Å²) in [5, 5.41) is 0. The summed E-state index contributed by atoms with van der Waals surface area (Å²) >= 11 is 5.63. The van der Waals surface area contributed by atoms with E-state index in [1.807, 2.05) is 0 Å². The van der Waals surface area contributed by atoms with Crippen LogP contribution >= 0.6 is 11.6 Å². The van der Waals surface area contributed by atoms with E-state index in [1.54, 1.807) is 25.1 Å². The maximum atomic E-state index is 13.7. The number of hydrogen-bond acceptors (Lipinski definition) is 2. The Kier molecular flexibility index (Phi) is 4.85. The van der Waals surface area contributed by atoms with E-state index in [4.69, 9.17) is 11.6 Å². The second-order valence-corrected chi connectivity index (χ2v) is 6.73. The molecule has 2 aromatic rings. The molecule has 0 aliphatic rings. The first kappa shape index (κ1) is 15.8. The van der Waals surface area contributed by atoms with Gasteiger partial charge in [-0.25, -0.2) is 12.8 Å². The van der Waals surface area contributed by atoms with Crippen LogP contribution in [0.1, 0.15) is 11.1 Å². The first-order valence-electron chi connectivity index (χ1n) is 6.36. The van der Waals surface area contributed by atoms with E-state index >= 15 is 0 Å². The molecule has 6 heteroatoms. The molecule has 0 aliphatic heterocycles. The lowest BCUT2D eigenvalue weighted by Crippen LogP contribution is -2.14. The van der Waals surface area contributed by atoms with Crippen LogP contribution in [0.25, 0.3) is 0 Å². The molecule has 0 spiro atoms. The van der Waals surface area contributed by atoms with Crippen LogP contribution in [-0.2, 0) is 16.4 Å². The summed E-state index contributed by atoms with van der Waals surface area (Å²) in [5.74, 6) is -0.129. The van der Waals surface area contributed by atoms with Crippen molar-refractivity contribution in [3.8, 4) is 0 Å². The Labute approximate surface area is 128 Å². The molecule has 0 aliphatic carbocycles. The van der Waals surface area contributed by atoms with Gasteiger partial charge in [0.15, 0.2) is 0 Å². The van der Waals surface area contributed by atoms with Crippen molar-refractivity contribution in [2.24, 2.45) is 0 Å². The van der Waals surface area contributed by atoms with E-state index < -0.39 is 15.8 Å². The quantitative estimate of drug-likeness (QED) is 0.851. The molecule has 0 unspecified atom stereocenters. The fourth-order valence-corrected chi connectivity index (χ4v) is 3.14. The molecular formula is C15H15ClFNO2S. The van der Waals surface area contributed by atoms with Gasteiger partial charge in [0.2, 0.25) is 0 Å². The largest absolute Gasteiger partial charge is 0.277 e. The Hall–Kier alpha value is -1.59. The molecule has 0 radical (unpaired) electrons. The van der Waals surface area contributed by atoms with Gasteiger partial charge in [-0.1, -0.05) is 18.2 Å². The molecule has 112 valence electrons. The van der Waals surface area contributed by atoms with E-state index in [0.29, 0.717) is 12.3 Å². The second kappa shape index (κ2) is 6.45. The van der Waals surface area contributed by atoms with Gasteiger partial charge in [0.25, 0.3) is 10.0 Å². The van der Waals surface area contributed by atoms with Crippen molar-refractivity contribution in [3.63, 3.8) is 0 Å².